The van der Waals surface area contributed by atoms with E-state index in [2.05, 4.69) is 20.6 Å². The third-order valence-corrected chi connectivity index (χ3v) is 6.07. The highest BCUT2D eigenvalue weighted by Gasteiger charge is 2.35. The fourth-order valence-corrected chi connectivity index (χ4v) is 3.97. The lowest BCUT2D eigenvalue weighted by Gasteiger charge is -2.23. The van der Waals surface area contributed by atoms with Crippen molar-refractivity contribution in [2.75, 3.05) is 10.6 Å². The quantitative estimate of drug-likeness (QED) is 0.312. The molecule has 192 valence electrons. The molecule has 2 N–H and O–H groups in total. The minimum absolute atomic E-state index is 0.0136. The van der Waals surface area contributed by atoms with Gasteiger partial charge in [0, 0.05) is 23.6 Å². The highest BCUT2D eigenvalue weighted by molar-refractivity contribution is 5.64. The Balaban J connectivity index is 1.50. The maximum absolute atomic E-state index is 13.7. The first kappa shape index (κ1) is 25.6. The van der Waals surface area contributed by atoms with Gasteiger partial charge in [0.05, 0.1) is 12.2 Å². The normalized spacial score (nSPS) is 15.2. The van der Waals surface area contributed by atoms with Crippen molar-refractivity contribution in [1.29, 1.82) is 0 Å². The molecule has 0 amide bonds. The minimum Gasteiger partial charge on any atom is -0.491 e. The van der Waals surface area contributed by atoms with Gasteiger partial charge in [0.15, 0.2) is 0 Å². The van der Waals surface area contributed by atoms with E-state index < -0.39 is 11.7 Å². The van der Waals surface area contributed by atoms with Crippen LogP contribution in [0.4, 0.5) is 36.3 Å². The Labute approximate surface area is 209 Å². The molecule has 36 heavy (non-hydrogen) atoms. The Morgan fingerprint density at radius 3 is 2.42 bits per heavy atom. The van der Waals surface area contributed by atoms with Gasteiger partial charge in [-0.3, -0.25) is 0 Å². The predicted molar refractivity (Wildman–Crippen MR) is 134 cm³/mol. The number of anilines is 4. The van der Waals surface area contributed by atoms with Gasteiger partial charge in [0.25, 0.3) is 0 Å². The van der Waals surface area contributed by atoms with Gasteiger partial charge < -0.3 is 20.1 Å². The molecule has 1 aromatic heterocycles. The van der Waals surface area contributed by atoms with Crippen LogP contribution in [-0.4, -0.2) is 22.2 Å². The maximum Gasteiger partial charge on any atom is 0.421 e. The molecule has 1 atom stereocenters. The van der Waals surface area contributed by atoms with Gasteiger partial charge in [-0.05, 0) is 75.4 Å². The molecule has 2 aromatic carbocycles. The lowest BCUT2D eigenvalue weighted by molar-refractivity contribution is -0.137. The molecule has 1 heterocycles. The van der Waals surface area contributed by atoms with E-state index >= 15 is 0 Å². The van der Waals surface area contributed by atoms with Gasteiger partial charge in [-0.25, -0.2) is 4.98 Å². The van der Waals surface area contributed by atoms with E-state index in [9.17, 15) is 13.2 Å². The number of hydrogen-bond acceptors (Lipinski definition) is 6. The van der Waals surface area contributed by atoms with Gasteiger partial charge in [0.1, 0.15) is 22.9 Å². The fourth-order valence-electron chi connectivity index (χ4n) is 3.97. The SMILES string of the molecule is CCC(C)Oc1cccc(Nc2nc(Nc3ccc(OC4CCCCC4)cc3)ncc2C(F)(F)F)c1. The first-order chi connectivity index (χ1) is 17.3. The molecule has 4 rings (SSSR count). The Hall–Kier alpha value is -3.49. The molecule has 1 aliphatic carbocycles. The maximum atomic E-state index is 13.7. The van der Waals surface area contributed by atoms with Gasteiger partial charge in [0.2, 0.25) is 5.95 Å². The first-order valence-electron chi connectivity index (χ1n) is 12.3. The standard InChI is InChI=1S/C27H31F3N4O2/c1-3-18(2)35-23-11-7-8-20(16-23)32-25-24(27(28,29)30)17-31-26(34-25)33-19-12-14-22(15-13-19)36-21-9-5-4-6-10-21/h7-8,11-18,21H,3-6,9-10H2,1-2H3,(H2,31,32,33,34). The molecule has 9 heteroatoms. The van der Waals surface area contributed by atoms with Crippen molar-refractivity contribution >= 4 is 23.1 Å². The van der Waals surface area contributed by atoms with Gasteiger partial charge in [-0.1, -0.05) is 19.4 Å². The van der Waals surface area contributed by atoms with E-state index in [1.165, 1.54) is 19.3 Å². The second-order valence-electron chi connectivity index (χ2n) is 8.97. The third-order valence-electron chi connectivity index (χ3n) is 6.07. The van der Waals surface area contributed by atoms with E-state index in [4.69, 9.17) is 9.47 Å². The molecule has 1 saturated carbocycles. The van der Waals surface area contributed by atoms with Gasteiger partial charge >= 0.3 is 6.18 Å². The van der Waals surface area contributed by atoms with Crippen molar-refractivity contribution in [2.45, 2.75) is 70.8 Å². The number of rotatable bonds is 9. The summed E-state index contributed by atoms with van der Waals surface area (Å²) in [6.07, 6.45) is 2.92. The zero-order valence-corrected chi connectivity index (χ0v) is 20.4. The number of hydrogen-bond donors (Lipinski definition) is 2. The van der Waals surface area contributed by atoms with Crippen LogP contribution in [0.3, 0.4) is 0 Å². The lowest BCUT2D eigenvalue weighted by atomic mass is 9.98. The van der Waals surface area contributed by atoms with Gasteiger partial charge in [-0.15, -0.1) is 0 Å². The Bertz CT molecular complexity index is 1130. The molecule has 6 nitrogen and oxygen atoms in total. The molecule has 3 aromatic rings. The first-order valence-corrected chi connectivity index (χ1v) is 12.3. The summed E-state index contributed by atoms with van der Waals surface area (Å²) in [5.41, 5.74) is 0.105. The number of alkyl halides is 3. The average Bonchev–Trinajstić information content (AvgIpc) is 2.85. The van der Waals surface area contributed by atoms with Crippen molar-refractivity contribution in [1.82, 2.24) is 9.97 Å². The summed E-state index contributed by atoms with van der Waals surface area (Å²) in [7, 11) is 0. The number of benzene rings is 2. The van der Waals surface area contributed by atoms with Crippen LogP contribution in [-0.2, 0) is 6.18 Å². The molecule has 1 fully saturated rings. The summed E-state index contributed by atoms with van der Waals surface area (Å²) in [5.74, 6) is 1.02. The molecular weight excluding hydrogens is 469 g/mol. The summed E-state index contributed by atoms with van der Waals surface area (Å²) >= 11 is 0. The van der Waals surface area contributed by atoms with Crippen molar-refractivity contribution in [3.8, 4) is 11.5 Å². The Morgan fingerprint density at radius 1 is 0.972 bits per heavy atom. The highest BCUT2D eigenvalue weighted by Crippen LogP contribution is 2.36. The number of nitrogens with one attached hydrogen (secondary N) is 2. The topological polar surface area (TPSA) is 68.3 Å². The van der Waals surface area contributed by atoms with Crippen LogP contribution in [0.2, 0.25) is 0 Å². The Morgan fingerprint density at radius 2 is 1.72 bits per heavy atom. The van der Waals surface area contributed by atoms with Crippen molar-refractivity contribution in [2.24, 2.45) is 0 Å². The van der Waals surface area contributed by atoms with Crippen molar-refractivity contribution < 1.29 is 22.6 Å². The van der Waals surface area contributed by atoms with E-state index in [0.717, 1.165) is 31.2 Å². The van der Waals surface area contributed by atoms with Crippen LogP contribution < -0.4 is 20.1 Å². The molecular formula is C27H31F3N4O2. The van der Waals surface area contributed by atoms with Crippen molar-refractivity contribution in [3.05, 3.63) is 60.3 Å². The Kier molecular flexibility index (Phi) is 8.18. The zero-order valence-electron chi connectivity index (χ0n) is 20.4. The summed E-state index contributed by atoms with van der Waals surface area (Å²) in [6, 6.07) is 14.0. The van der Waals surface area contributed by atoms with Crippen molar-refractivity contribution in [3.63, 3.8) is 0 Å². The van der Waals surface area contributed by atoms with Crippen LogP contribution in [0.5, 0.6) is 11.5 Å². The predicted octanol–water partition coefficient (Wildman–Crippen LogP) is 7.87. The third kappa shape index (κ3) is 7.02. The van der Waals surface area contributed by atoms with Crippen LogP contribution in [0.25, 0.3) is 0 Å². The highest BCUT2D eigenvalue weighted by atomic mass is 19.4. The summed E-state index contributed by atoms with van der Waals surface area (Å²) in [4.78, 5) is 8.02. The largest absolute Gasteiger partial charge is 0.491 e. The molecule has 1 unspecified atom stereocenters. The molecule has 0 bridgehead atoms. The second kappa shape index (κ2) is 11.5. The van der Waals surface area contributed by atoms with E-state index in [-0.39, 0.29) is 24.0 Å². The lowest BCUT2D eigenvalue weighted by Crippen LogP contribution is -2.19. The number of aromatic nitrogens is 2. The smallest absolute Gasteiger partial charge is 0.421 e. The van der Waals surface area contributed by atoms with Gasteiger partial charge in [-0.2, -0.15) is 18.2 Å². The van der Waals surface area contributed by atoms with E-state index in [1.54, 1.807) is 36.4 Å². The molecule has 0 saturated heterocycles. The summed E-state index contributed by atoms with van der Waals surface area (Å²) < 4.78 is 52.8. The second-order valence-corrected chi connectivity index (χ2v) is 8.97. The fraction of sp³-hybridized carbons (Fsp3) is 0.407. The number of nitrogens with zero attached hydrogens (tertiary/aromatic N) is 2. The van der Waals surface area contributed by atoms with Crippen LogP contribution in [0.1, 0.15) is 57.9 Å². The summed E-state index contributed by atoms with van der Waals surface area (Å²) in [6.45, 7) is 3.92. The average molecular weight is 501 g/mol. The number of halogens is 3. The molecule has 1 aliphatic rings. The van der Waals surface area contributed by atoms with Crippen LogP contribution >= 0.6 is 0 Å². The number of ether oxygens (including phenoxy) is 2. The molecule has 0 aliphatic heterocycles. The van der Waals surface area contributed by atoms with Crippen LogP contribution in [0, 0.1) is 0 Å². The monoisotopic (exact) mass is 500 g/mol. The summed E-state index contributed by atoms with van der Waals surface area (Å²) in [5, 5.41) is 5.76. The minimum atomic E-state index is -4.62. The molecule has 0 radical (unpaired) electrons. The molecule has 0 spiro atoms. The van der Waals surface area contributed by atoms with E-state index in [0.29, 0.717) is 17.1 Å². The zero-order chi connectivity index (χ0) is 25.5. The van der Waals surface area contributed by atoms with E-state index in [1.807, 2.05) is 26.0 Å². The van der Waals surface area contributed by atoms with Crippen LogP contribution in [0.15, 0.2) is 54.7 Å².